The summed E-state index contributed by atoms with van der Waals surface area (Å²) < 4.78 is 0. The van der Waals surface area contributed by atoms with E-state index in [1.54, 1.807) is 0 Å². The summed E-state index contributed by atoms with van der Waals surface area (Å²) >= 11 is 0. The molecule has 0 bridgehead atoms. The second-order valence-corrected chi connectivity index (χ2v) is 4.78. The van der Waals surface area contributed by atoms with Crippen LogP contribution >= 0.6 is 0 Å². The van der Waals surface area contributed by atoms with Crippen LogP contribution in [0.3, 0.4) is 0 Å². The van der Waals surface area contributed by atoms with Gasteiger partial charge in [-0.1, -0.05) is 60.7 Å². The third-order valence-electron chi connectivity index (χ3n) is 3.11. The van der Waals surface area contributed by atoms with Crippen LogP contribution in [0.1, 0.15) is 17.5 Å². The van der Waals surface area contributed by atoms with Gasteiger partial charge in [-0.3, -0.25) is 9.63 Å². The van der Waals surface area contributed by atoms with E-state index >= 15 is 0 Å². The second kappa shape index (κ2) is 8.19. The quantitative estimate of drug-likeness (QED) is 0.767. The van der Waals surface area contributed by atoms with Crippen molar-refractivity contribution in [3.63, 3.8) is 0 Å². The minimum Gasteiger partial charge on any atom is -0.383 e. The van der Waals surface area contributed by atoms with E-state index in [0.29, 0.717) is 12.8 Å². The zero-order valence-corrected chi connectivity index (χ0v) is 11.7. The van der Waals surface area contributed by atoms with Crippen molar-refractivity contribution in [3.8, 4) is 0 Å². The van der Waals surface area contributed by atoms with E-state index in [-0.39, 0.29) is 6.61 Å². The van der Waals surface area contributed by atoms with Crippen LogP contribution in [0.15, 0.2) is 60.7 Å². The first-order valence-electron chi connectivity index (χ1n) is 6.93. The number of carbonyl (C=O) groups excluding carboxylic acids is 1. The molecule has 0 fully saturated rings. The number of aliphatic hydroxyl groups excluding tert-OH is 1. The highest BCUT2D eigenvalue weighted by Crippen LogP contribution is 2.05. The van der Waals surface area contributed by atoms with E-state index in [9.17, 15) is 9.90 Å². The SMILES string of the molecule is O=C(NOCc1ccccc1)C(O)CCc1ccccc1. The van der Waals surface area contributed by atoms with Gasteiger partial charge in [0.15, 0.2) is 0 Å². The topological polar surface area (TPSA) is 58.6 Å². The zero-order chi connectivity index (χ0) is 14.9. The molecule has 0 aliphatic carbocycles. The van der Waals surface area contributed by atoms with Gasteiger partial charge in [0.05, 0.1) is 6.61 Å². The minimum atomic E-state index is -1.07. The predicted molar refractivity (Wildman–Crippen MR) is 80.1 cm³/mol. The number of aliphatic hydroxyl groups is 1. The molecule has 0 aromatic heterocycles. The molecule has 4 nitrogen and oxygen atoms in total. The molecule has 2 N–H and O–H groups in total. The van der Waals surface area contributed by atoms with Crippen molar-refractivity contribution in [3.05, 3.63) is 71.8 Å². The van der Waals surface area contributed by atoms with Crippen LogP contribution in [-0.4, -0.2) is 17.1 Å². The highest BCUT2D eigenvalue weighted by Gasteiger charge is 2.14. The fraction of sp³-hybridized carbons (Fsp3) is 0.235. The van der Waals surface area contributed by atoms with Gasteiger partial charge in [-0.15, -0.1) is 0 Å². The molecule has 110 valence electrons. The van der Waals surface area contributed by atoms with Crippen LogP contribution < -0.4 is 5.48 Å². The van der Waals surface area contributed by atoms with Gasteiger partial charge in [-0.05, 0) is 24.0 Å². The number of carbonyl (C=O) groups is 1. The van der Waals surface area contributed by atoms with Gasteiger partial charge in [-0.2, -0.15) is 0 Å². The lowest BCUT2D eigenvalue weighted by molar-refractivity contribution is -0.143. The smallest absolute Gasteiger partial charge is 0.272 e. The first kappa shape index (κ1) is 15.2. The normalized spacial score (nSPS) is 11.9. The molecule has 2 aromatic rings. The van der Waals surface area contributed by atoms with Gasteiger partial charge in [0.25, 0.3) is 5.91 Å². The lowest BCUT2D eigenvalue weighted by Gasteiger charge is -2.11. The number of amides is 1. The first-order valence-corrected chi connectivity index (χ1v) is 6.93. The number of aryl methyl sites for hydroxylation is 1. The molecule has 0 heterocycles. The summed E-state index contributed by atoms with van der Waals surface area (Å²) in [6.07, 6.45) is -0.0560. The molecule has 0 aliphatic rings. The Bertz CT molecular complexity index is 542. The van der Waals surface area contributed by atoms with Crippen molar-refractivity contribution in [1.29, 1.82) is 0 Å². The number of nitrogens with one attached hydrogen (secondary N) is 1. The van der Waals surface area contributed by atoms with Gasteiger partial charge in [0.2, 0.25) is 0 Å². The molecule has 2 aromatic carbocycles. The minimum absolute atomic E-state index is 0.276. The molecular formula is C17H19NO3. The maximum atomic E-state index is 11.7. The molecule has 4 heteroatoms. The Labute approximate surface area is 124 Å². The number of hydrogen-bond acceptors (Lipinski definition) is 3. The Balaban J connectivity index is 1.68. The van der Waals surface area contributed by atoms with Crippen LogP contribution in [0.2, 0.25) is 0 Å². The first-order chi connectivity index (χ1) is 10.3. The summed E-state index contributed by atoms with van der Waals surface area (Å²) in [4.78, 5) is 16.8. The van der Waals surface area contributed by atoms with Crippen molar-refractivity contribution in [1.82, 2.24) is 5.48 Å². The summed E-state index contributed by atoms with van der Waals surface area (Å²) in [5.74, 6) is -0.512. The Kier molecular flexibility index (Phi) is 5.94. The molecule has 0 saturated heterocycles. The Morgan fingerprint density at radius 3 is 2.19 bits per heavy atom. The van der Waals surface area contributed by atoms with E-state index in [1.165, 1.54) is 0 Å². The molecule has 0 radical (unpaired) electrons. The third-order valence-corrected chi connectivity index (χ3v) is 3.11. The number of rotatable bonds is 7. The monoisotopic (exact) mass is 285 g/mol. The van der Waals surface area contributed by atoms with Gasteiger partial charge >= 0.3 is 0 Å². The van der Waals surface area contributed by atoms with Crippen LogP contribution in [0.5, 0.6) is 0 Å². The van der Waals surface area contributed by atoms with Crippen LogP contribution in [0.4, 0.5) is 0 Å². The zero-order valence-electron chi connectivity index (χ0n) is 11.7. The number of benzene rings is 2. The average Bonchev–Trinajstić information content (AvgIpc) is 2.54. The van der Waals surface area contributed by atoms with Crippen LogP contribution in [0.25, 0.3) is 0 Å². The van der Waals surface area contributed by atoms with Crippen molar-refractivity contribution in [2.75, 3.05) is 0 Å². The van der Waals surface area contributed by atoms with E-state index in [0.717, 1.165) is 11.1 Å². The third kappa shape index (κ3) is 5.38. The summed E-state index contributed by atoms with van der Waals surface area (Å²) in [6.45, 7) is 0.276. The molecule has 1 amide bonds. The molecule has 1 unspecified atom stereocenters. The van der Waals surface area contributed by atoms with E-state index in [1.807, 2.05) is 60.7 Å². The van der Waals surface area contributed by atoms with E-state index in [2.05, 4.69) is 5.48 Å². The fourth-order valence-corrected chi connectivity index (χ4v) is 1.91. The predicted octanol–water partition coefficient (Wildman–Crippen LogP) is 2.23. The number of hydrogen-bond donors (Lipinski definition) is 2. The van der Waals surface area contributed by atoms with E-state index in [4.69, 9.17) is 4.84 Å². The maximum absolute atomic E-state index is 11.7. The summed E-state index contributed by atoms with van der Waals surface area (Å²) in [7, 11) is 0. The molecule has 21 heavy (non-hydrogen) atoms. The highest BCUT2D eigenvalue weighted by molar-refractivity contribution is 5.79. The van der Waals surface area contributed by atoms with Gasteiger partial charge in [-0.25, -0.2) is 5.48 Å². The van der Waals surface area contributed by atoms with Gasteiger partial charge in [0, 0.05) is 0 Å². The lowest BCUT2D eigenvalue weighted by atomic mass is 10.1. The molecule has 0 spiro atoms. The van der Waals surface area contributed by atoms with Crippen LogP contribution in [-0.2, 0) is 22.7 Å². The summed E-state index contributed by atoms with van der Waals surface area (Å²) in [5, 5.41) is 9.78. The summed E-state index contributed by atoms with van der Waals surface area (Å²) in [6, 6.07) is 19.3. The Morgan fingerprint density at radius 1 is 1.00 bits per heavy atom. The highest BCUT2D eigenvalue weighted by atomic mass is 16.7. The maximum Gasteiger partial charge on any atom is 0.272 e. The van der Waals surface area contributed by atoms with Crippen molar-refractivity contribution in [2.45, 2.75) is 25.6 Å². The van der Waals surface area contributed by atoms with Crippen LogP contribution in [0, 0.1) is 0 Å². The lowest BCUT2D eigenvalue weighted by Crippen LogP contribution is -2.34. The Morgan fingerprint density at radius 2 is 1.57 bits per heavy atom. The van der Waals surface area contributed by atoms with Gasteiger partial charge in [0.1, 0.15) is 6.10 Å². The second-order valence-electron chi connectivity index (χ2n) is 4.78. The average molecular weight is 285 g/mol. The fourth-order valence-electron chi connectivity index (χ4n) is 1.91. The number of hydroxylamine groups is 1. The Hall–Kier alpha value is -2.17. The molecule has 1 atom stereocenters. The summed E-state index contributed by atoms with van der Waals surface area (Å²) in [5.41, 5.74) is 4.33. The molecular weight excluding hydrogens is 266 g/mol. The largest absolute Gasteiger partial charge is 0.383 e. The van der Waals surface area contributed by atoms with Gasteiger partial charge < -0.3 is 5.11 Å². The van der Waals surface area contributed by atoms with Crippen molar-refractivity contribution >= 4 is 5.91 Å². The molecule has 0 saturated carbocycles. The van der Waals surface area contributed by atoms with Crippen molar-refractivity contribution < 1.29 is 14.7 Å². The molecule has 2 rings (SSSR count). The standard InChI is InChI=1S/C17H19NO3/c19-16(12-11-14-7-3-1-4-8-14)17(20)18-21-13-15-9-5-2-6-10-15/h1-10,16,19H,11-13H2,(H,18,20). The molecule has 0 aliphatic heterocycles. The van der Waals surface area contributed by atoms with E-state index < -0.39 is 12.0 Å². The van der Waals surface area contributed by atoms with Crippen molar-refractivity contribution in [2.24, 2.45) is 0 Å².